The summed E-state index contributed by atoms with van der Waals surface area (Å²) in [5.74, 6) is -0.270. The quantitative estimate of drug-likeness (QED) is 0.641. The van der Waals surface area contributed by atoms with Crippen LogP contribution in [0.4, 0.5) is 17.2 Å². The zero-order valence-electron chi connectivity index (χ0n) is 16.5. The second kappa shape index (κ2) is 8.97. The lowest BCUT2D eigenvalue weighted by Crippen LogP contribution is -2.31. The van der Waals surface area contributed by atoms with Gasteiger partial charge in [-0.25, -0.2) is 4.79 Å². The summed E-state index contributed by atoms with van der Waals surface area (Å²) in [7, 11) is 1.33. The van der Waals surface area contributed by atoms with Crippen LogP contribution in [0.15, 0.2) is 60.7 Å². The molecule has 0 aliphatic rings. The molecule has 0 bridgehead atoms. The molecule has 1 amide bonds. The van der Waals surface area contributed by atoms with E-state index in [1.807, 2.05) is 38.1 Å². The number of rotatable bonds is 6. The Balaban J connectivity index is 1.80. The molecule has 0 aliphatic carbocycles. The Kier molecular flexibility index (Phi) is 6.19. The predicted octanol–water partition coefficient (Wildman–Crippen LogP) is 3.98. The van der Waals surface area contributed by atoms with E-state index in [1.165, 1.54) is 7.11 Å². The van der Waals surface area contributed by atoms with Crippen molar-refractivity contribution in [2.45, 2.75) is 13.8 Å². The van der Waals surface area contributed by atoms with Crippen LogP contribution in [0.3, 0.4) is 0 Å². The van der Waals surface area contributed by atoms with Gasteiger partial charge in [-0.15, -0.1) is 10.2 Å². The van der Waals surface area contributed by atoms with E-state index >= 15 is 0 Å². The zero-order chi connectivity index (χ0) is 20.8. The van der Waals surface area contributed by atoms with E-state index in [9.17, 15) is 9.59 Å². The number of hydrogen-bond donors (Lipinski definition) is 1. The first-order valence-electron chi connectivity index (χ1n) is 9.20. The Morgan fingerprint density at radius 3 is 2.48 bits per heavy atom. The molecule has 0 unspecified atom stereocenters. The molecule has 2 aromatic carbocycles. The van der Waals surface area contributed by atoms with Gasteiger partial charge in [-0.3, -0.25) is 4.79 Å². The summed E-state index contributed by atoms with van der Waals surface area (Å²) in [4.78, 5) is 26.4. The van der Waals surface area contributed by atoms with Gasteiger partial charge in [0, 0.05) is 12.2 Å². The maximum Gasteiger partial charge on any atom is 0.339 e. The fourth-order valence-corrected chi connectivity index (χ4v) is 2.91. The molecular weight excluding hydrogens is 368 g/mol. The van der Waals surface area contributed by atoms with Crippen molar-refractivity contribution in [1.82, 2.24) is 10.2 Å². The highest BCUT2D eigenvalue weighted by Crippen LogP contribution is 2.21. The number of amides is 1. The van der Waals surface area contributed by atoms with Gasteiger partial charge in [-0.2, -0.15) is 0 Å². The largest absolute Gasteiger partial charge is 0.465 e. The summed E-state index contributed by atoms with van der Waals surface area (Å²) in [5.41, 5.74) is 3.05. The minimum atomic E-state index is -0.454. The highest BCUT2D eigenvalue weighted by atomic mass is 16.5. The number of aryl methyl sites for hydroxylation is 1. The van der Waals surface area contributed by atoms with Gasteiger partial charge in [0.2, 0.25) is 0 Å². The van der Waals surface area contributed by atoms with E-state index in [-0.39, 0.29) is 11.6 Å². The van der Waals surface area contributed by atoms with Crippen molar-refractivity contribution in [3.8, 4) is 0 Å². The summed E-state index contributed by atoms with van der Waals surface area (Å²) in [6.45, 7) is 4.40. The number of esters is 1. The minimum Gasteiger partial charge on any atom is -0.465 e. The first-order chi connectivity index (χ1) is 14.0. The third kappa shape index (κ3) is 4.57. The van der Waals surface area contributed by atoms with Crippen LogP contribution in [-0.4, -0.2) is 35.7 Å². The smallest absolute Gasteiger partial charge is 0.339 e. The average molecular weight is 390 g/mol. The van der Waals surface area contributed by atoms with Crippen LogP contribution in [0, 0.1) is 6.92 Å². The van der Waals surface area contributed by atoms with Crippen molar-refractivity contribution in [1.29, 1.82) is 0 Å². The molecule has 7 nitrogen and oxygen atoms in total. The number of ether oxygens (including phenoxy) is 1. The van der Waals surface area contributed by atoms with Crippen LogP contribution in [0.2, 0.25) is 0 Å². The first-order valence-corrected chi connectivity index (χ1v) is 9.20. The van der Waals surface area contributed by atoms with Gasteiger partial charge in [0.05, 0.1) is 18.4 Å². The highest BCUT2D eigenvalue weighted by Gasteiger charge is 2.18. The van der Waals surface area contributed by atoms with Gasteiger partial charge in [0.25, 0.3) is 5.91 Å². The Hall–Kier alpha value is -3.74. The van der Waals surface area contributed by atoms with Crippen LogP contribution in [0.5, 0.6) is 0 Å². The second-order valence-electron chi connectivity index (χ2n) is 6.35. The number of benzene rings is 2. The lowest BCUT2D eigenvalue weighted by molar-refractivity contribution is 0.0601. The van der Waals surface area contributed by atoms with Crippen molar-refractivity contribution in [3.05, 3.63) is 77.5 Å². The van der Waals surface area contributed by atoms with Crippen LogP contribution < -0.4 is 10.2 Å². The number of nitrogens with one attached hydrogen (secondary N) is 1. The minimum absolute atomic E-state index is 0.230. The number of nitrogens with zero attached hydrogens (tertiary/aromatic N) is 3. The monoisotopic (exact) mass is 390 g/mol. The Morgan fingerprint density at radius 1 is 1.03 bits per heavy atom. The molecular formula is C22H22N4O3. The number of methoxy groups -OCH3 is 1. The number of carbonyl (C=O) groups excluding carboxylic acids is 2. The number of para-hydroxylation sites is 1. The van der Waals surface area contributed by atoms with Crippen molar-refractivity contribution < 1.29 is 14.3 Å². The molecule has 1 aromatic heterocycles. The molecule has 0 saturated heterocycles. The summed E-state index contributed by atoms with van der Waals surface area (Å²) in [5, 5.41) is 11.2. The van der Waals surface area contributed by atoms with E-state index in [4.69, 9.17) is 4.74 Å². The molecule has 0 fully saturated rings. The molecule has 1 heterocycles. The number of anilines is 3. The average Bonchev–Trinajstić information content (AvgIpc) is 2.74. The van der Waals surface area contributed by atoms with Crippen LogP contribution in [0.25, 0.3) is 0 Å². The summed E-state index contributed by atoms with van der Waals surface area (Å²) >= 11 is 0. The van der Waals surface area contributed by atoms with E-state index < -0.39 is 5.97 Å². The Bertz CT molecular complexity index is 1020. The molecule has 3 rings (SSSR count). The maximum atomic E-state index is 12.9. The highest BCUT2D eigenvalue weighted by molar-refractivity contribution is 6.04. The zero-order valence-corrected chi connectivity index (χ0v) is 16.5. The van der Waals surface area contributed by atoms with Crippen molar-refractivity contribution >= 4 is 29.1 Å². The molecule has 1 N–H and O–H groups in total. The fourth-order valence-electron chi connectivity index (χ4n) is 2.91. The standard InChI is InChI=1S/C22H22N4O3/c1-4-26(16-9-7-8-15(2)14-16)21(27)19-12-13-20(25-24-19)23-18-11-6-5-10-17(18)22(28)29-3/h5-14H,4H2,1-3H3,(H,23,25). The lowest BCUT2D eigenvalue weighted by atomic mass is 10.2. The summed E-state index contributed by atoms with van der Waals surface area (Å²) in [6.07, 6.45) is 0. The SMILES string of the molecule is CCN(C(=O)c1ccc(Nc2ccccc2C(=O)OC)nn1)c1cccc(C)c1. The predicted molar refractivity (Wildman–Crippen MR) is 112 cm³/mol. The van der Waals surface area contributed by atoms with Gasteiger partial charge in [-0.05, 0) is 55.8 Å². The number of carbonyl (C=O) groups is 2. The fraction of sp³-hybridized carbons (Fsp3) is 0.182. The maximum absolute atomic E-state index is 12.9. The summed E-state index contributed by atoms with van der Waals surface area (Å²) in [6, 6.07) is 17.9. The van der Waals surface area contributed by atoms with E-state index in [0.717, 1.165) is 11.3 Å². The topological polar surface area (TPSA) is 84.4 Å². The van der Waals surface area contributed by atoms with E-state index in [1.54, 1.807) is 41.3 Å². The molecule has 0 radical (unpaired) electrons. The molecule has 7 heteroatoms. The molecule has 148 valence electrons. The van der Waals surface area contributed by atoms with E-state index in [0.29, 0.717) is 23.6 Å². The molecule has 0 aliphatic heterocycles. The normalized spacial score (nSPS) is 10.3. The van der Waals surface area contributed by atoms with Crippen LogP contribution in [0.1, 0.15) is 33.3 Å². The molecule has 0 saturated carbocycles. The molecule has 3 aromatic rings. The van der Waals surface area contributed by atoms with E-state index in [2.05, 4.69) is 15.5 Å². The van der Waals surface area contributed by atoms with Crippen molar-refractivity contribution in [3.63, 3.8) is 0 Å². The van der Waals surface area contributed by atoms with Crippen LogP contribution >= 0.6 is 0 Å². The van der Waals surface area contributed by atoms with Gasteiger partial charge < -0.3 is 15.0 Å². The third-order valence-corrected chi connectivity index (χ3v) is 4.35. The van der Waals surface area contributed by atoms with Gasteiger partial charge in [0.1, 0.15) is 0 Å². The summed E-state index contributed by atoms with van der Waals surface area (Å²) < 4.78 is 4.79. The van der Waals surface area contributed by atoms with Gasteiger partial charge in [0.15, 0.2) is 11.5 Å². The second-order valence-corrected chi connectivity index (χ2v) is 6.35. The van der Waals surface area contributed by atoms with Crippen LogP contribution in [-0.2, 0) is 4.74 Å². The van der Waals surface area contributed by atoms with Crippen molar-refractivity contribution in [2.24, 2.45) is 0 Å². The molecule has 0 spiro atoms. The lowest BCUT2D eigenvalue weighted by Gasteiger charge is -2.21. The first kappa shape index (κ1) is 20.0. The Labute approximate surface area is 169 Å². The Morgan fingerprint density at radius 2 is 1.83 bits per heavy atom. The van der Waals surface area contributed by atoms with Gasteiger partial charge >= 0.3 is 5.97 Å². The van der Waals surface area contributed by atoms with Crippen molar-refractivity contribution in [2.75, 3.05) is 23.9 Å². The molecule has 29 heavy (non-hydrogen) atoms. The third-order valence-electron chi connectivity index (χ3n) is 4.35. The number of aromatic nitrogens is 2. The molecule has 0 atom stereocenters. The van der Waals surface area contributed by atoms with Gasteiger partial charge in [-0.1, -0.05) is 24.3 Å². The number of hydrogen-bond acceptors (Lipinski definition) is 6.